The molecule has 1 rings (SSSR count). The predicted octanol–water partition coefficient (Wildman–Crippen LogP) is 3.64. The molecule has 2 nitrogen and oxygen atoms in total. The van der Waals surface area contributed by atoms with Crippen molar-refractivity contribution in [3.8, 4) is 5.75 Å². The molecular formula is C16H21NO. The van der Waals surface area contributed by atoms with E-state index >= 15 is 0 Å². The molecule has 18 heavy (non-hydrogen) atoms. The molecule has 96 valence electrons. The van der Waals surface area contributed by atoms with Crippen LogP contribution in [0.3, 0.4) is 0 Å². The van der Waals surface area contributed by atoms with Crippen molar-refractivity contribution in [2.75, 3.05) is 13.7 Å². The van der Waals surface area contributed by atoms with Gasteiger partial charge in [-0.15, -0.1) is 0 Å². The summed E-state index contributed by atoms with van der Waals surface area (Å²) in [6, 6.07) is 8.37. The average molecular weight is 243 g/mol. The molecule has 0 amide bonds. The summed E-state index contributed by atoms with van der Waals surface area (Å²) < 4.78 is 5.14. The van der Waals surface area contributed by atoms with Crippen molar-refractivity contribution in [3.05, 3.63) is 66.8 Å². The van der Waals surface area contributed by atoms with Crippen LogP contribution >= 0.6 is 0 Å². The number of methoxy groups -OCH3 is 1. The summed E-state index contributed by atoms with van der Waals surface area (Å²) in [7, 11) is 1.67. The molecule has 1 N–H and O–H groups in total. The van der Waals surface area contributed by atoms with Gasteiger partial charge in [0.05, 0.1) is 7.11 Å². The molecule has 0 aliphatic carbocycles. The molecule has 0 aliphatic heterocycles. The first-order valence-corrected chi connectivity index (χ1v) is 6.02. The van der Waals surface area contributed by atoms with Crippen LogP contribution in [0.4, 0.5) is 0 Å². The molecule has 0 bridgehead atoms. The van der Waals surface area contributed by atoms with Crippen molar-refractivity contribution in [2.24, 2.45) is 0 Å². The molecule has 0 saturated heterocycles. The summed E-state index contributed by atoms with van der Waals surface area (Å²) in [4.78, 5) is 0. The smallest absolute Gasteiger partial charge is 0.118 e. The van der Waals surface area contributed by atoms with Gasteiger partial charge < -0.3 is 10.1 Å². The number of ether oxygens (including phenoxy) is 1. The largest absolute Gasteiger partial charge is 0.497 e. The molecule has 0 heterocycles. The van der Waals surface area contributed by atoms with Crippen LogP contribution in [0.15, 0.2) is 61.2 Å². The Morgan fingerprint density at radius 2 is 2.00 bits per heavy atom. The Hall–Kier alpha value is -1.80. The van der Waals surface area contributed by atoms with E-state index in [9.17, 15) is 0 Å². The van der Waals surface area contributed by atoms with Crippen molar-refractivity contribution < 1.29 is 4.74 Å². The van der Waals surface area contributed by atoms with Crippen LogP contribution in [0, 0.1) is 0 Å². The maximum absolute atomic E-state index is 5.14. The summed E-state index contributed by atoms with van der Waals surface area (Å²) >= 11 is 0. The van der Waals surface area contributed by atoms with Gasteiger partial charge in [-0.05, 0) is 30.2 Å². The Morgan fingerprint density at radius 1 is 1.33 bits per heavy atom. The fourth-order valence-electron chi connectivity index (χ4n) is 1.63. The van der Waals surface area contributed by atoms with Crippen LogP contribution in [-0.2, 0) is 0 Å². The third-order valence-electron chi connectivity index (χ3n) is 2.82. The fourth-order valence-corrected chi connectivity index (χ4v) is 1.63. The normalized spacial score (nSPS) is 12.9. The van der Waals surface area contributed by atoms with Crippen molar-refractivity contribution in [1.29, 1.82) is 0 Å². The van der Waals surface area contributed by atoms with E-state index in [0.717, 1.165) is 17.9 Å². The summed E-state index contributed by atoms with van der Waals surface area (Å²) in [5.41, 5.74) is 2.36. The van der Waals surface area contributed by atoms with Crippen LogP contribution in [0.2, 0.25) is 0 Å². The molecule has 0 spiro atoms. The van der Waals surface area contributed by atoms with E-state index in [-0.39, 0.29) is 6.04 Å². The summed E-state index contributed by atoms with van der Waals surface area (Å²) in [6.45, 7) is 10.4. The quantitative estimate of drug-likeness (QED) is 0.738. The SMILES string of the molecule is C=C/C=C(\C=C)CNC(C)c1ccc(OC)cc1. The van der Waals surface area contributed by atoms with E-state index in [2.05, 4.69) is 37.5 Å². The van der Waals surface area contributed by atoms with Gasteiger partial charge in [-0.3, -0.25) is 0 Å². The van der Waals surface area contributed by atoms with Gasteiger partial charge in [-0.2, -0.15) is 0 Å². The number of allylic oxidation sites excluding steroid dienone is 2. The van der Waals surface area contributed by atoms with E-state index in [1.807, 2.05) is 24.3 Å². The predicted molar refractivity (Wildman–Crippen MR) is 77.9 cm³/mol. The van der Waals surface area contributed by atoms with Crippen molar-refractivity contribution in [3.63, 3.8) is 0 Å². The molecule has 1 aromatic carbocycles. The third-order valence-corrected chi connectivity index (χ3v) is 2.82. The van der Waals surface area contributed by atoms with Gasteiger partial charge in [0.2, 0.25) is 0 Å². The number of hydrogen-bond acceptors (Lipinski definition) is 2. The van der Waals surface area contributed by atoms with Gasteiger partial charge in [-0.1, -0.05) is 43.5 Å². The first-order chi connectivity index (χ1) is 8.71. The lowest BCUT2D eigenvalue weighted by Crippen LogP contribution is -2.20. The minimum Gasteiger partial charge on any atom is -0.497 e. The van der Waals surface area contributed by atoms with Gasteiger partial charge in [0, 0.05) is 12.6 Å². The summed E-state index contributed by atoms with van der Waals surface area (Å²) in [5, 5.41) is 3.44. The zero-order chi connectivity index (χ0) is 13.4. The van der Waals surface area contributed by atoms with E-state index in [1.165, 1.54) is 5.56 Å². The van der Waals surface area contributed by atoms with Gasteiger partial charge in [-0.25, -0.2) is 0 Å². The summed E-state index contributed by atoms with van der Waals surface area (Å²) in [6.07, 6.45) is 5.58. The van der Waals surface area contributed by atoms with Crippen LogP contribution < -0.4 is 10.1 Å². The minimum absolute atomic E-state index is 0.282. The second-order valence-electron chi connectivity index (χ2n) is 4.06. The molecule has 0 aromatic heterocycles. The number of rotatable bonds is 7. The highest BCUT2D eigenvalue weighted by atomic mass is 16.5. The average Bonchev–Trinajstić information content (AvgIpc) is 2.43. The number of hydrogen-bond donors (Lipinski definition) is 1. The van der Waals surface area contributed by atoms with Crippen molar-refractivity contribution >= 4 is 0 Å². The lowest BCUT2D eigenvalue weighted by Gasteiger charge is -2.15. The zero-order valence-electron chi connectivity index (χ0n) is 11.1. The first kappa shape index (κ1) is 14.3. The van der Waals surface area contributed by atoms with Gasteiger partial charge in [0.15, 0.2) is 0 Å². The Balaban J connectivity index is 2.58. The van der Waals surface area contributed by atoms with Crippen LogP contribution in [-0.4, -0.2) is 13.7 Å². The first-order valence-electron chi connectivity index (χ1n) is 6.02. The van der Waals surface area contributed by atoms with Crippen LogP contribution in [0.25, 0.3) is 0 Å². The van der Waals surface area contributed by atoms with Gasteiger partial charge >= 0.3 is 0 Å². The highest BCUT2D eigenvalue weighted by molar-refractivity contribution is 5.29. The Labute approximate surface area is 110 Å². The Bertz CT molecular complexity index is 417. The molecular weight excluding hydrogens is 222 g/mol. The van der Waals surface area contributed by atoms with E-state index in [1.54, 1.807) is 13.2 Å². The molecule has 0 radical (unpaired) electrons. The lowest BCUT2D eigenvalue weighted by atomic mass is 10.1. The molecule has 2 heteroatoms. The van der Waals surface area contributed by atoms with Crippen molar-refractivity contribution in [2.45, 2.75) is 13.0 Å². The maximum Gasteiger partial charge on any atom is 0.118 e. The topological polar surface area (TPSA) is 21.3 Å². The van der Waals surface area contributed by atoms with E-state index in [4.69, 9.17) is 4.74 Å². The van der Waals surface area contributed by atoms with E-state index in [0.29, 0.717) is 0 Å². The minimum atomic E-state index is 0.282. The molecule has 0 fully saturated rings. The molecule has 1 atom stereocenters. The Morgan fingerprint density at radius 3 is 2.50 bits per heavy atom. The molecule has 0 aliphatic rings. The maximum atomic E-state index is 5.14. The molecule has 0 saturated carbocycles. The van der Waals surface area contributed by atoms with Gasteiger partial charge in [0.25, 0.3) is 0 Å². The lowest BCUT2D eigenvalue weighted by molar-refractivity contribution is 0.414. The molecule has 1 aromatic rings. The number of nitrogens with one attached hydrogen (secondary N) is 1. The second-order valence-corrected chi connectivity index (χ2v) is 4.06. The Kier molecular flexibility index (Phi) is 5.95. The van der Waals surface area contributed by atoms with Crippen LogP contribution in [0.1, 0.15) is 18.5 Å². The second kappa shape index (κ2) is 7.51. The van der Waals surface area contributed by atoms with Gasteiger partial charge in [0.1, 0.15) is 5.75 Å². The third kappa shape index (κ3) is 4.22. The highest BCUT2D eigenvalue weighted by Gasteiger charge is 2.04. The standard InChI is InChI=1S/C16H21NO/c1-5-7-14(6-2)12-17-13(3)15-8-10-16(18-4)11-9-15/h5-11,13,17H,1-2,12H2,3-4H3/b14-7+. The molecule has 1 unspecified atom stereocenters. The van der Waals surface area contributed by atoms with Crippen LogP contribution in [0.5, 0.6) is 5.75 Å². The number of benzene rings is 1. The fraction of sp³-hybridized carbons (Fsp3) is 0.250. The highest BCUT2D eigenvalue weighted by Crippen LogP contribution is 2.17. The summed E-state index contributed by atoms with van der Waals surface area (Å²) in [5.74, 6) is 0.879. The van der Waals surface area contributed by atoms with E-state index < -0.39 is 0 Å². The zero-order valence-corrected chi connectivity index (χ0v) is 11.1. The van der Waals surface area contributed by atoms with Crippen molar-refractivity contribution in [1.82, 2.24) is 5.32 Å². The monoisotopic (exact) mass is 243 g/mol.